The summed E-state index contributed by atoms with van der Waals surface area (Å²) in [5.41, 5.74) is 4.81. The van der Waals surface area contributed by atoms with Gasteiger partial charge in [0.2, 0.25) is 6.10 Å². The maximum atomic E-state index is 12.2. The van der Waals surface area contributed by atoms with Gasteiger partial charge in [0, 0.05) is 13.1 Å². The SMILES string of the molecule is CC(C)(C)C[C@@H](O)[C@H](OC(N)=O)C(=O)N1CCCC1. The monoisotopic (exact) mass is 272 g/mol. The molecule has 1 heterocycles. The molecule has 0 aromatic rings. The number of nitrogens with two attached hydrogens (primary N) is 1. The van der Waals surface area contributed by atoms with Crippen LogP contribution in [0.1, 0.15) is 40.0 Å². The first-order chi connectivity index (χ1) is 8.70. The van der Waals surface area contributed by atoms with Crippen molar-refractivity contribution in [3.8, 4) is 0 Å². The zero-order chi connectivity index (χ0) is 14.6. The van der Waals surface area contributed by atoms with E-state index >= 15 is 0 Å². The molecule has 0 aromatic heterocycles. The molecule has 110 valence electrons. The number of carbonyl (C=O) groups is 2. The van der Waals surface area contributed by atoms with E-state index in [-0.39, 0.29) is 11.3 Å². The van der Waals surface area contributed by atoms with Gasteiger partial charge in [0.05, 0.1) is 0 Å². The Hall–Kier alpha value is -1.30. The second-order valence-corrected chi connectivity index (χ2v) is 6.22. The number of aliphatic hydroxyl groups excluding tert-OH is 1. The van der Waals surface area contributed by atoms with Crippen LogP contribution >= 0.6 is 0 Å². The van der Waals surface area contributed by atoms with E-state index in [4.69, 9.17) is 10.5 Å². The molecule has 0 bridgehead atoms. The minimum absolute atomic E-state index is 0.177. The predicted molar refractivity (Wildman–Crippen MR) is 70.3 cm³/mol. The van der Waals surface area contributed by atoms with Gasteiger partial charge >= 0.3 is 6.09 Å². The second kappa shape index (κ2) is 6.23. The minimum Gasteiger partial charge on any atom is -0.433 e. The first-order valence-electron chi connectivity index (χ1n) is 6.63. The number of primary amides is 1. The van der Waals surface area contributed by atoms with Gasteiger partial charge in [-0.05, 0) is 24.7 Å². The number of carbonyl (C=O) groups excluding carboxylic acids is 2. The van der Waals surface area contributed by atoms with Crippen molar-refractivity contribution in [1.29, 1.82) is 0 Å². The fourth-order valence-electron chi connectivity index (χ4n) is 2.27. The molecule has 0 aromatic carbocycles. The number of rotatable bonds is 4. The van der Waals surface area contributed by atoms with Crippen molar-refractivity contribution < 1.29 is 19.4 Å². The third kappa shape index (κ3) is 5.06. The van der Waals surface area contributed by atoms with Crippen LogP contribution in [0.25, 0.3) is 0 Å². The van der Waals surface area contributed by atoms with Crippen molar-refractivity contribution in [1.82, 2.24) is 4.90 Å². The largest absolute Gasteiger partial charge is 0.433 e. The summed E-state index contributed by atoms with van der Waals surface area (Å²) in [6, 6.07) is 0. The average molecular weight is 272 g/mol. The lowest BCUT2D eigenvalue weighted by atomic mass is 9.87. The van der Waals surface area contributed by atoms with Gasteiger partial charge in [-0.15, -0.1) is 0 Å². The van der Waals surface area contributed by atoms with Crippen LogP contribution in [-0.4, -0.2) is 47.3 Å². The Labute approximate surface area is 113 Å². The molecule has 1 rings (SSSR count). The number of hydrogen-bond acceptors (Lipinski definition) is 4. The number of nitrogens with zero attached hydrogens (tertiary/aromatic N) is 1. The Morgan fingerprint density at radius 1 is 1.32 bits per heavy atom. The van der Waals surface area contributed by atoms with Gasteiger partial charge in [0.25, 0.3) is 5.91 Å². The molecule has 1 fully saturated rings. The molecule has 0 radical (unpaired) electrons. The summed E-state index contributed by atoms with van der Waals surface area (Å²) in [5, 5.41) is 10.1. The van der Waals surface area contributed by atoms with Crippen LogP contribution in [0.3, 0.4) is 0 Å². The Morgan fingerprint density at radius 2 is 1.84 bits per heavy atom. The number of aliphatic hydroxyl groups is 1. The molecule has 0 unspecified atom stereocenters. The predicted octanol–water partition coefficient (Wildman–Crippen LogP) is 0.870. The summed E-state index contributed by atoms with van der Waals surface area (Å²) >= 11 is 0. The molecule has 3 N–H and O–H groups in total. The van der Waals surface area contributed by atoms with E-state index in [0.717, 1.165) is 12.8 Å². The van der Waals surface area contributed by atoms with Crippen molar-refractivity contribution in [3.05, 3.63) is 0 Å². The number of likely N-dealkylation sites (tertiary alicyclic amines) is 1. The summed E-state index contributed by atoms with van der Waals surface area (Å²) in [4.78, 5) is 24.8. The van der Waals surface area contributed by atoms with E-state index in [1.807, 2.05) is 20.8 Å². The van der Waals surface area contributed by atoms with Crippen LogP contribution in [-0.2, 0) is 9.53 Å². The van der Waals surface area contributed by atoms with Gasteiger partial charge in [-0.3, -0.25) is 4.79 Å². The first kappa shape index (κ1) is 15.8. The summed E-state index contributed by atoms with van der Waals surface area (Å²) < 4.78 is 4.83. The Morgan fingerprint density at radius 3 is 2.26 bits per heavy atom. The maximum absolute atomic E-state index is 12.2. The van der Waals surface area contributed by atoms with Gasteiger partial charge in [0.15, 0.2) is 0 Å². The van der Waals surface area contributed by atoms with Crippen molar-refractivity contribution in [3.63, 3.8) is 0 Å². The van der Waals surface area contributed by atoms with Crippen LogP contribution in [0.2, 0.25) is 0 Å². The highest BCUT2D eigenvalue weighted by Crippen LogP contribution is 2.24. The van der Waals surface area contributed by atoms with Gasteiger partial charge in [-0.1, -0.05) is 20.8 Å². The highest BCUT2D eigenvalue weighted by molar-refractivity contribution is 5.84. The van der Waals surface area contributed by atoms with E-state index in [1.165, 1.54) is 0 Å². The standard InChI is InChI=1S/C13H24N2O4/c1-13(2,3)8-9(16)10(19-12(14)18)11(17)15-6-4-5-7-15/h9-10,16H,4-8H2,1-3H3,(H2,14,18)/t9-,10+/m1/s1. The quantitative estimate of drug-likeness (QED) is 0.794. The van der Waals surface area contributed by atoms with Crippen LogP contribution in [0.5, 0.6) is 0 Å². The number of hydrogen-bond donors (Lipinski definition) is 2. The zero-order valence-electron chi connectivity index (χ0n) is 11.9. The molecule has 1 aliphatic heterocycles. The number of ether oxygens (including phenoxy) is 1. The number of amides is 2. The third-order valence-corrected chi connectivity index (χ3v) is 3.08. The maximum Gasteiger partial charge on any atom is 0.405 e. The molecule has 0 aliphatic carbocycles. The highest BCUT2D eigenvalue weighted by atomic mass is 16.6. The molecular formula is C13H24N2O4. The van der Waals surface area contributed by atoms with Crippen LogP contribution in [0, 0.1) is 5.41 Å². The molecule has 0 spiro atoms. The first-order valence-corrected chi connectivity index (χ1v) is 6.63. The summed E-state index contributed by atoms with van der Waals surface area (Å²) in [7, 11) is 0. The van der Waals surface area contributed by atoms with Crippen molar-refractivity contribution >= 4 is 12.0 Å². The lowest BCUT2D eigenvalue weighted by Gasteiger charge is -2.29. The van der Waals surface area contributed by atoms with Gasteiger partial charge < -0.3 is 20.5 Å². The lowest BCUT2D eigenvalue weighted by molar-refractivity contribution is -0.146. The van der Waals surface area contributed by atoms with E-state index in [9.17, 15) is 14.7 Å². The van der Waals surface area contributed by atoms with E-state index in [0.29, 0.717) is 19.5 Å². The Kier molecular flexibility index (Phi) is 5.17. The van der Waals surface area contributed by atoms with E-state index in [1.54, 1.807) is 4.90 Å². The third-order valence-electron chi connectivity index (χ3n) is 3.08. The van der Waals surface area contributed by atoms with Gasteiger partial charge in [0.1, 0.15) is 6.10 Å². The van der Waals surface area contributed by atoms with Crippen molar-refractivity contribution in [2.75, 3.05) is 13.1 Å². The fraction of sp³-hybridized carbons (Fsp3) is 0.846. The lowest BCUT2D eigenvalue weighted by Crippen LogP contribution is -2.48. The van der Waals surface area contributed by atoms with Crippen LogP contribution in [0.15, 0.2) is 0 Å². The molecule has 1 saturated heterocycles. The molecule has 2 atom stereocenters. The molecule has 6 nitrogen and oxygen atoms in total. The van der Waals surface area contributed by atoms with Crippen molar-refractivity contribution in [2.24, 2.45) is 11.1 Å². The zero-order valence-corrected chi connectivity index (χ0v) is 11.9. The molecular weight excluding hydrogens is 248 g/mol. The normalized spacial score (nSPS) is 19.1. The van der Waals surface area contributed by atoms with Crippen molar-refractivity contribution in [2.45, 2.75) is 52.2 Å². The highest BCUT2D eigenvalue weighted by Gasteiger charge is 2.36. The van der Waals surface area contributed by atoms with Crippen LogP contribution < -0.4 is 5.73 Å². The molecule has 19 heavy (non-hydrogen) atoms. The van der Waals surface area contributed by atoms with E-state index < -0.39 is 18.3 Å². The second-order valence-electron chi connectivity index (χ2n) is 6.22. The smallest absolute Gasteiger partial charge is 0.405 e. The van der Waals surface area contributed by atoms with Crippen LogP contribution in [0.4, 0.5) is 4.79 Å². The summed E-state index contributed by atoms with van der Waals surface area (Å²) in [6.07, 6.45) is -1.06. The molecule has 1 aliphatic rings. The molecule has 6 heteroatoms. The molecule has 0 saturated carbocycles. The molecule has 2 amide bonds. The topological polar surface area (TPSA) is 92.9 Å². The Bertz CT molecular complexity index is 332. The van der Waals surface area contributed by atoms with Gasteiger partial charge in [-0.25, -0.2) is 4.79 Å². The Balaban J connectivity index is 2.75. The minimum atomic E-state index is -1.20. The summed E-state index contributed by atoms with van der Waals surface area (Å²) in [6.45, 7) is 7.10. The summed E-state index contributed by atoms with van der Waals surface area (Å²) in [5.74, 6) is -0.354. The average Bonchev–Trinajstić information content (AvgIpc) is 2.75. The van der Waals surface area contributed by atoms with Gasteiger partial charge in [-0.2, -0.15) is 0 Å². The fourth-order valence-corrected chi connectivity index (χ4v) is 2.27. The van der Waals surface area contributed by atoms with E-state index in [2.05, 4.69) is 0 Å².